The summed E-state index contributed by atoms with van der Waals surface area (Å²) in [6, 6.07) is 7.30. The van der Waals surface area contributed by atoms with E-state index in [-0.39, 0.29) is 0 Å². The lowest BCUT2D eigenvalue weighted by atomic mass is 10.2. The van der Waals surface area contributed by atoms with Gasteiger partial charge in [0.15, 0.2) is 0 Å². The molecule has 0 aliphatic rings. The van der Waals surface area contributed by atoms with Crippen LogP contribution in [-0.4, -0.2) is 10.2 Å². The van der Waals surface area contributed by atoms with Crippen LogP contribution in [0.1, 0.15) is 0 Å². The predicted octanol–water partition coefficient (Wildman–Crippen LogP) is 5.62. The van der Waals surface area contributed by atoms with Gasteiger partial charge in [0, 0.05) is 29.0 Å². The Kier molecular flexibility index (Phi) is 4.82. The minimum atomic E-state index is 0.394. The quantitative estimate of drug-likeness (QED) is 0.393. The van der Waals surface area contributed by atoms with E-state index in [2.05, 4.69) is 73.9 Å². The van der Waals surface area contributed by atoms with Crippen molar-refractivity contribution in [2.24, 2.45) is 0 Å². The number of nitrogen functional groups attached to an aromatic ring is 2. The summed E-state index contributed by atoms with van der Waals surface area (Å²) < 4.78 is 8.77. The molecule has 0 aliphatic carbocycles. The van der Waals surface area contributed by atoms with Crippen LogP contribution in [0.5, 0.6) is 0 Å². The molecular formula is C14H8Br4N4O. The third-order valence-electron chi connectivity index (χ3n) is 3.08. The van der Waals surface area contributed by atoms with Gasteiger partial charge in [0.05, 0.1) is 11.4 Å². The number of anilines is 2. The molecule has 3 aromatic rings. The number of nitrogens with two attached hydrogens (primary N) is 2. The fourth-order valence-electron chi connectivity index (χ4n) is 1.87. The molecule has 3 rings (SSSR count). The Morgan fingerprint density at radius 2 is 0.957 bits per heavy atom. The summed E-state index contributed by atoms with van der Waals surface area (Å²) in [7, 11) is 0. The zero-order valence-corrected chi connectivity index (χ0v) is 17.6. The van der Waals surface area contributed by atoms with Crippen LogP contribution in [-0.2, 0) is 0 Å². The second-order valence-corrected chi connectivity index (χ2v) is 8.04. The number of rotatable bonds is 2. The highest BCUT2D eigenvalue weighted by atomic mass is 79.9. The molecule has 5 nitrogen and oxygen atoms in total. The Bertz CT molecular complexity index is 792. The van der Waals surface area contributed by atoms with Crippen LogP contribution in [0.15, 0.2) is 46.6 Å². The normalized spacial score (nSPS) is 11.0. The fraction of sp³-hybridized carbons (Fsp3) is 0. The van der Waals surface area contributed by atoms with Crippen molar-refractivity contribution in [2.75, 3.05) is 11.5 Å². The third-order valence-corrected chi connectivity index (χ3v) is 5.70. The van der Waals surface area contributed by atoms with Crippen LogP contribution >= 0.6 is 63.7 Å². The molecule has 0 radical (unpaired) electrons. The minimum Gasteiger partial charge on any atom is -0.416 e. The highest BCUT2D eigenvalue weighted by Gasteiger charge is 2.15. The van der Waals surface area contributed by atoms with Gasteiger partial charge in [-0.25, -0.2) is 0 Å². The van der Waals surface area contributed by atoms with E-state index in [1.807, 2.05) is 24.3 Å². The maximum atomic E-state index is 5.89. The van der Waals surface area contributed by atoms with Crippen molar-refractivity contribution in [1.82, 2.24) is 10.2 Å². The molecule has 0 atom stereocenters. The molecule has 0 unspecified atom stereocenters. The molecule has 0 saturated carbocycles. The van der Waals surface area contributed by atoms with E-state index in [0.29, 0.717) is 23.2 Å². The monoisotopic (exact) mass is 564 g/mol. The SMILES string of the molecule is Nc1c(Br)cc(-c2nnc(-c3cc(Br)c(N)c(Br)c3)o2)cc1Br. The maximum Gasteiger partial charge on any atom is 0.248 e. The first kappa shape index (κ1) is 16.9. The molecule has 2 aromatic carbocycles. The summed E-state index contributed by atoms with van der Waals surface area (Å²) in [6.45, 7) is 0. The zero-order valence-electron chi connectivity index (χ0n) is 11.3. The van der Waals surface area contributed by atoms with Crippen molar-refractivity contribution in [3.63, 3.8) is 0 Å². The van der Waals surface area contributed by atoms with Crippen LogP contribution in [0.2, 0.25) is 0 Å². The molecule has 0 amide bonds. The van der Waals surface area contributed by atoms with E-state index in [0.717, 1.165) is 29.0 Å². The lowest BCUT2D eigenvalue weighted by molar-refractivity contribution is 0.584. The molecule has 4 N–H and O–H groups in total. The molecule has 0 aliphatic heterocycles. The lowest BCUT2D eigenvalue weighted by Gasteiger charge is -2.04. The molecule has 0 spiro atoms. The highest BCUT2D eigenvalue weighted by Crippen LogP contribution is 2.36. The summed E-state index contributed by atoms with van der Waals surface area (Å²) in [5, 5.41) is 8.19. The molecule has 0 saturated heterocycles. The number of hydrogen-bond donors (Lipinski definition) is 2. The predicted molar refractivity (Wildman–Crippen MR) is 105 cm³/mol. The Morgan fingerprint density at radius 1 is 0.652 bits per heavy atom. The van der Waals surface area contributed by atoms with Crippen molar-refractivity contribution in [3.8, 4) is 22.9 Å². The molecule has 0 bridgehead atoms. The average Bonchev–Trinajstić information content (AvgIpc) is 2.99. The fourth-order valence-corrected chi connectivity index (χ4v) is 4.25. The van der Waals surface area contributed by atoms with E-state index in [9.17, 15) is 0 Å². The Balaban J connectivity index is 2.04. The van der Waals surface area contributed by atoms with Gasteiger partial charge in [0.2, 0.25) is 11.8 Å². The lowest BCUT2D eigenvalue weighted by Crippen LogP contribution is -1.89. The Labute approximate surface area is 165 Å². The number of halogens is 4. The van der Waals surface area contributed by atoms with Gasteiger partial charge in [-0.2, -0.15) is 0 Å². The Morgan fingerprint density at radius 3 is 1.26 bits per heavy atom. The summed E-state index contributed by atoms with van der Waals surface area (Å²) >= 11 is 13.6. The van der Waals surface area contributed by atoms with Gasteiger partial charge in [0.25, 0.3) is 0 Å². The summed E-state index contributed by atoms with van der Waals surface area (Å²) in [5.41, 5.74) is 14.5. The van der Waals surface area contributed by atoms with Crippen LogP contribution < -0.4 is 11.5 Å². The molecule has 1 aromatic heterocycles. The largest absolute Gasteiger partial charge is 0.416 e. The van der Waals surface area contributed by atoms with Gasteiger partial charge >= 0.3 is 0 Å². The first-order valence-corrected chi connectivity index (χ1v) is 9.37. The first-order valence-electron chi connectivity index (χ1n) is 6.20. The van der Waals surface area contributed by atoms with Gasteiger partial charge in [0.1, 0.15) is 0 Å². The topological polar surface area (TPSA) is 91.0 Å². The molecule has 0 fully saturated rings. The van der Waals surface area contributed by atoms with E-state index in [4.69, 9.17) is 15.9 Å². The second-order valence-electron chi connectivity index (χ2n) is 4.62. The number of benzene rings is 2. The van der Waals surface area contributed by atoms with Crippen LogP contribution in [0.4, 0.5) is 11.4 Å². The van der Waals surface area contributed by atoms with Gasteiger partial charge < -0.3 is 15.9 Å². The van der Waals surface area contributed by atoms with Crippen molar-refractivity contribution in [2.45, 2.75) is 0 Å². The van der Waals surface area contributed by atoms with E-state index < -0.39 is 0 Å². The number of nitrogens with zero attached hydrogens (tertiary/aromatic N) is 2. The van der Waals surface area contributed by atoms with Crippen LogP contribution in [0, 0.1) is 0 Å². The summed E-state index contributed by atoms with van der Waals surface area (Å²) in [6.07, 6.45) is 0. The van der Waals surface area contributed by atoms with Crippen LogP contribution in [0.25, 0.3) is 22.9 Å². The second kappa shape index (κ2) is 6.54. The third kappa shape index (κ3) is 3.33. The number of aromatic nitrogens is 2. The van der Waals surface area contributed by atoms with Gasteiger partial charge in [-0.15, -0.1) is 10.2 Å². The van der Waals surface area contributed by atoms with Crippen molar-refractivity contribution in [3.05, 3.63) is 42.2 Å². The maximum absolute atomic E-state index is 5.89. The van der Waals surface area contributed by atoms with Gasteiger partial charge in [-0.1, -0.05) is 0 Å². The van der Waals surface area contributed by atoms with E-state index in [1.165, 1.54) is 0 Å². The van der Waals surface area contributed by atoms with Crippen molar-refractivity contribution in [1.29, 1.82) is 0 Å². The smallest absolute Gasteiger partial charge is 0.248 e. The molecule has 1 heterocycles. The highest BCUT2D eigenvalue weighted by molar-refractivity contribution is 9.11. The molecular weight excluding hydrogens is 560 g/mol. The summed E-state index contributed by atoms with van der Waals surface area (Å²) in [4.78, 5) is 0. The zero-order chi connectivity index (χ0) is 16.7. The van der Waals surface area contributed by atoms with Crippen molar-refractivity contribution >= 4 is 75.1 Å². The molecule has 9 heteroatoms. The van der Waals surface area contributed by atoms with Crippen LogP contribution in [0.3, 0.4) is 0 Å². The first-order chi connectivity index (χ1) is 10.9. The van der Waals surface area contributed by atoms with Gasteiger partial charge in [-0.3, -0.25) is 0 Å². The van der Waals surface area contributed by atoms with Gasteiger partial charge in [-0.05, 0) is 88.0 Å². The summed E-state index contributed by atoms with van der Waals surface area (Å²) in [5.74, 6) is 0.788. The number of hydrogen-bond acceptors (Lipinski definition) is 5. The van der Waals surface area contributed by atoms with Crippen molar-refractivity contribution < 1.29 is 4.42 Å². The standard InChI is InChI=1S/C14H8Br4N4O/c15-7-1-5(2-8(16)11(7)19)13-21-22-14(23-13)6-3-9(17)12(20)10(18)4-6/h1-4H,19-20H2. The Hall–Kier alpha value is -0.900. The minimum absolute atomic E-state index is 0.394. The average molecular weight is 568 g/mol. The van der Waals surface area contributed by atoms with E-state index >= 15 is 0 Å². The molecule has 118 valence electrons. The molecule has 23 heavy (non-hydrogen) atoms. The van der Waals surface area contributed by atoms with E-state index in [1.54, 1.807) is 0 Å².